The summed E-state index contributed by atoms with van der Waals surface area (Å²) in [5.74, 6) is 0. The maximum Gasteiger partial charge on any atom is 0.195 e. The standard InChI is InChI=1S/C5H5Cl2N3O/c1-10-4(5(7)9-11)3(6)2-8-10/h2,11H,1H3/b9-5-. The van der Waals surface area contributed by atoms with Gasteiger partial charge in [-0.05, 0) is 0 Å². The van der Waals surface area contributed by atoms with Gasteiger partial charge in [0.25, 0.3) is 0 Å². The van der Waals surface area contributed by atoms with Crippen LogP contribution in [0.5, 0.6) is 0 Å². The average Bonchev–Trinajstić information content (AvgIpc) is 2.30. The fraction of sp³-hybridized carbons (Fsp3) is 0.200. The molecular formula is C5H5Cl2N3O. The zero-order valence-corrected chi connectivity index (χ0v) is 7.13. The van der Waals surface area contributed by atoms with E-state index in [2.05, 4.69) is 10.3 Å². The lowest BCUT2D eigenvalue weighted by Crippen LogP contribution is -2.02. The van der Waals surface area contributed by atoms with Crippen LogP contribution in [0.25, 0.3) is 0 Å². The molecule has 1 heterocycles. The van der Waals surface area contributed by atoms with Crippen LogP contribution in [0.3, 0.4) is 0 Å². The van der Waals surface area contributed by atoms with Crippen LogP contribution in [-0.2, 0) is 7.05 Å². The van der Waals surface area contributed by atoms with Crippen LogP contribution in [0, 0.1) is 0 Å². The first-order chi connectivity index (χ1) is 5.16. The summed E-state index contributed by atoms with van der Waals surface area (Å²) < 4.78 is 1.42. The van der Waals surface area contributed by atoms with E-state index in [0.29, 0.717) is 10.7 Å². The molecule has 0 radical (unpaired) electrons. The Labute approximate surface area is 73.0 Å². The van der Waals surface area contributed by atoms with Crippen LogP contribution < -0.4 is 0 Å². The Morgan fingerprint density at radius 2 is 2.45 bits per heavy atom. The minimum Gasteiger partial charge on any atom is -0.410 e. The van der Waals surface area contributed by atoms with Crippen LogP contribution in [-0.4, -0.2) is 20.2 Å². The molecule has 0 amide bonds. The summed E-state index contributed by atoms with van der Waals surface area (Å²) in [6.07, 6.45) is 1.42. The second-order valence-corrected chi connectivity index (χ2v) is 2.62. The van der Waals surface area contributed by atoms with Crippen molar-refractivity contribution >= 4 is 28.4 Å². The summed E-state index contributed by atoms with van der Waals surface area (Å²) in [6, 6.07) is 0. The number of halogens is 2. The fourth-order valence-corrected chi connectivity index (χ4v) is 1.22. The minimum atomic E-state index is -0.0741. The SMILES string of the molecule is Cn1ncc(Cl)c1/C(Cl)=N/O. The van der Waals surface area contributed by atoms with E-state index in [0.717, 1.165) is 0 Å². The van der Waals surface area contributed by atoms with Crippen LogP contribution in [0.4, 0.5) is 0 Å². The zero-order chi connectivity index (χ0) is 8.43. The van der Waals surface area contributed by atoms with E-state index in [4.69, 9.17) is 28.4 Å². The fourth-order valence-electron chi connectivity index (χ4n) is 0.690. The normalized spacial score (nSPS) is 12.1. The van der Waals surface area contributed by atoms with Crippen molar-refractivity contribution in [3.8, 4) is 0 Å². The Kier molecular flexibility index (Phi) is 2.36. The Bertz CT molecular complexity index is 274. The molecule has 1 aromatic rings. The minimum absolute atomic E-state index is 0.0741. The summed E-state index contributed by atoms with van der Waals surface area (Å²) in [5.41, 5.74) is 0.399. The van der Waals surface area contributed by atoms with Crippen LogP contribution in [0.15, 0.2) is 11.4 Å². The van der Waals surface area contributed by atoms with Gasteiger partial charge in [0.2, 0.25) is 0 Å². The molecule has 0 spiro atoms. The monoisotopic (exact) mass is 193 g/mol. The first-order valence-corrected chi connectivity index (χ1v) is 3.48. The molecule has 60 valence electrons. The van der Waals surface area contributed by atoms with E-state index in [9.17, 15) is 0 Å². The molecule has 11 heavy (non-hydrogen) atoms. The topological polar surface area (TPSA) is 50.4 Å². The van der Waals surface area contributed by atoms with Crippen LogP contribution >= 0.6 is 23.2 Å². The number of hydrogen-bond donors (Lipinski definition) is 1. The van der Waals surface area contributed by atoms with Crippen LogP contribution in [0.1, 0.15) is 5.69 Å². The van der Waals surface area contributed by atoms with Gasteiger partial charge in [-0.2, -0.15) is 5.10 Å². The molecule has 0 unspecified atom stereocenters. The largest absolute Gasteiger partial charge is 0.410 e. The van der Waals surface area contributed by atoms with Gasteiger partial charge in [0, 0.05) is 7.05 Å². The molecule has 0 aliphatic rings. The molecule has 0 saturated carbocycles. The van der Waals surface area contributed by atoms with E-state index in [1.54, 1.807) is 7.05 Å². The van der Waals surface area contributed by atoms with Crippen molar-refractivity contribution in [1.29, 1.82) is 0 Å². The summed E-state index contributed by atoms with van der Waals surface area (Å²) in [7, 11) is 1.65. The van der Waals surface area contributed by atoms with Gasteiger partial charge in [-0.1, -0.05) is 28.4 Å². The van der Waals surface area contributed by atoms with E-state index in [1.165, 1.54) is 10.9 Å². The van der Waals surface area contributed by atoms with Crippen LogP contribution in [0.2, 0.25) is 5.02 Å². The van der Waals surface area contributed by atoms with Gasteiger partial charge in [0.1, 0.15) is 5.69 Å². The Morgan fingerprint density at radius 3 is 2.82 bits per heavy atom. The van der Waals surface area contributed by atoms with E-state index < -0.39 is 0 Å². The van der Waals surface area contributed by atoms with E-state index in [-0.39, 0.29) is 5.17 Å². The molecule has 0 aliphatic heterocycles. The molecule has 1 N–H and O–H groups in total. The molecule has 6 heteroatoms. The highest BCUT2D eigenvalue weighted by atomic mass is 35.5. The van der Waals surface area contributed by atoms with Crippen molar-refractivity contribution in [2.75, 3.05) is 0 Å². The molecule has 0 fully saturated rings. The number of aromatic nitrogens is 2. The Morgan fingerprint density at radius 1 is 1.82 bits per heavy atom. The molecule has 1 aromatic heterocycles. The van der Waals surface area contributed by atoms with Gasteiger partial charge in [0.15, 0.2) is 5.17 Å². The van der Waals surface area contributed by atoms with Gasteiger partial charge in [-0.3, -0.25) is 4.68 Å². The number of nitrogens with zero attached hydrogens (tertiary/aromatic N) is 3. The predicted octanol–water partition coefficient (Wildman–Crippen LogP) is 1.45. The Balaban J connectivity index is 3.21. The predicted molar refractivity (Wildman–Crippen MR) is 42.4 cm³/mol. The molecule has 0 aromatic carbocycles. The molecule has 0 bridgehead atoms. The highest BCUT2D eigenvalue weighted by Gasteiger charge is 2.11. The summed E-state index contributed by atoms with van der Waals surface area (Å²) in [5, 5.41) is 15.2. The van der Waals surface area contributed by atoms with Gasteiger partial charge in [-0.25, -0.2) is 0 Å². The van der Waals surface area contributed by atoms with Crippen molar-refractivity contribution in [1.82, 2.24) is 9.78 Å². The van der Waals surface area contributed by atoms with E-state index in [1.807, 2.05) is 0 Å². The van der Waals surface area contributed by atoms with Gasteiger partial charge in [-0.15, -0.1) is 0 Å². The van der Waals surface area contributed by atoms with Crippen molar-refractivity contribution in [3.05, 3.63) is 16.9 Å². The van der Waals surface area contributed by atoms with Crippen molar-refractivity contribution < 1.29 is 5.21 Å². The highest BCUT2D eigenvalue weighted by molar-refractivity contribution is 6.70. The molecule has 1 rings (SSSR count). The second-order valence-electron chi connectivity index (χ2n) is 1.86. The number of hydrogen-bond acceptors (Lipinski definition) is 3. The lowest BCUT2D eigenvalue weighted by Gasteiger charge is -1.96. The maximum atomic E-state index is 8.31. The van der Waals surface area contributed by atoms with Crippen molar-refractivity contribution in [2.24, 2.45) is 12.2 Å². The third-order valence-electron chi connectivity index (χ3n) is 1.18. The lowest BCUT2D eigenvalue weighted by molar-refractivity contribution is 0.320. The molecule has 0 atom stereocenters. The van der Waals surface area contributed by atoms with Crippen molar-refractivity contribution in [2.45, 2.75) is 0 Å². The summed E-state index contributed by atoms with van der Waals surface area (Å²) in [4.78, 5) is 0. The lowest BCUT2D eigenvalue weighted by atomic mass is 10.4. The first-order valence-electron chi connectivity index (χ1n) is 2.72. The van der Waals surface area contributed by atoms with E-state index >= 15 is 0 Å². The first kappa shape index (κ1) is 8.36. The third-order valence-corrected chi connectivity index (χ3v) is 1.71. The average molecular weight is 194 g/mol. The number of rotatable bonds is 1. The maximum absolute atomic E-state index is 8.31. The second kappa shape index (κ2) is 3.11. The molecule has 0 saturated heterocycles. The smallest absolute Gasteiger partial charge is 0.195 e. The summed E-state index contributed by atoms with van der Waals surface area (Å²) in [6.45, 7) is 0. The number of oxime groups is 1. The summed E-state index contributed by atoms with van der Waals surface area (Å²) >= 11 is 11.2. The number of aryl methyl sites for hydroxylation is 1. The highest BCUT2D eigenvalue weighted by Crippen LogP contribution is 2.16. The van der Waals surface area contributed by atoms with Crippen molar-refractivity contribution in [3.63, 3.8) is 0 Å². The third kappa shape index (κ3) is 1.46. The Hall–Kier alpha value is -0.740. The zero-order valence-electron chi connectivity index (χ0n) is 5.62. The molecule has 0 aliphatic carbocycles. The molecular weight excluding hydrogens is 189 g/mol. The van der Waals surface area contributed by atoms with Gasteiger partial charge < -0.3 is 5.21 Å². The van der Waals surface area contributed by atoms with Gasteiger partial charge in [0.05, 0.1) is 11.2 Å². The van der Waals surface area contributed by atoms with Gasteiger partial charge >= 0.3 is 0 Å². The molecule has 4 nitrogen and oxygen atoms in total. The quantitative estimate of drug-likeness (QED) is 0.417.